The number of esters is 4. The largest absolute Gasteiger partial charge is 0.462 e. The van der Waals surface area contributed by atoms with Gasteiger partial charge in [0.15, 0.2) is 11.6 Å². The van der Waals surface area contributed by atoms with Crippen molar-refractivity contribution in [1.82, 2.24) is 10.6 Å². The second-order valence-corrected chi connectivity index (χ2v) is 14.4. The number of benzene rings is 1. The highest BCUT2D eigenvalue weighted by atomic mass is 16.6. The molecule has 0 spiro atoms. The van der Waals surface area contributed by atoms with Crippen molar-refractivity contribution >= 4 is 47.6 Å². The molecule has 316 valence electrons. The van der Waals surface area contributed by atoms with Gasteiger partial charge in [0.2, 0.25) is 0 Å². The summed E-state index contributed by atoms with van der Waals surface area (Å²) in [6, 6.07) is 2.39. The fourth-order valence-corrected chi connectivity index (χ4v) is 4.82. The van der Waals surface area contributed by atoms with Crippen LogP contribution in [0.5, 0.6) is 0 Å². The summed E-state index contributed by atoms with van der Waals surface area (Å²) in [5.41, 5.74) is -2.17. The van der Waals surface area contributed by atoms with E-state index in [-0.39, 0.29) is 99.0 Å². The van der Waals surface area contributed by atoms with Crippen molar-refractivity contribution in [3.63, 3.8) is 0 Å². The zero-order valence-corrected chi connectivity index (χ0v) is 34.5. The first-order valence-corrected chi connectivity index (χ1v) is 18.8. The maximum atomic E-state index is 14.0. The maximum Gasteiger partial charge on any atom is 0.407 e. The molecule has 0 bridgehead atoms. The molecule has 1 rings (SSSR count). The molecule has 0 radical (unpaired) electrons. The van der Waals surface area contributed by atoms with Gasteiger partial charge in [-0.2, -0.15) is 0 Å². The molecule has 0 aliphatic carbocycles. The molecule has 1 aromatic rings. The number of amides is 2. The van der Waals surface area contributed by atoms with Gasteiger partial charge in [0.1, 0.15) is 13.2 Å². The lowest BCUT2D eigenvalue weighted by molar-refractivity contribution is -0.139. The summed E-state index contributed by atoms with van der Waals surface area (Å²) in [6.45, 7) is 19.5. The van der Waals surface area contributed by atoms with Crippen molar-refractivity contribution in [2.75, 3.05) is 52.7 Å². The fourth-order valence-electron chi connectivity index (χ4n) is 4.82. The highest BCUT2D eigenvalue weighted by Gasteiger charge is 2.36. The molecule has 0 atom stereocenters. The van der Waals surface area contributed by atoms with Crippen LogP contribution in [0.3, 0.4) is 0 Å². The van der Waals surface area contributed by atoms with Crippen molar-refractivity contribution < 1.29 is 66.8 Å². The summed E-state index contributed by atoms with van der Waals surface area (Å²) in [7, 11) is 0. The third-order valence-corrected chi connectivity index (χ3v) is 8.49. The van der Waals surface area contributed by atoms with Crippen LogP contribution in [0.15, 0.2) is 36.4 Å². The summed E-state index contributed by atoms with van der Waals surface area (Å²) in [5.74, 6) is -3.97. The van der Waals surface area contributed by atoms with Crippen molar-refractivity contribution in [1.29, 1.82) is 0 Å². The highest BCUT2D eigenvalue weighted by Crippen LogP contribution is 2.34. The number of carbonyl (C=O) groups excluding carboxylic acids is 8. The lowest BCUT2D eigenvalue weighted by atomic mass is 9.76. The molecular formula is C41H58N2O14. The third kappa shape index (κ3) is 17.0. The minimum absolute atomic E-state index is 0.000558. The number of hydrogen-bond donors (Lipinski definition) is 2. The molecule has 1 aromatic carbocycles. The standard InChI is InChI=1S/C41H58N2O14/c1-11-15-41(9,10)33(45)29-24-28(32(44)40(7,8)12-2)30(36(48)52-18-13-20-56-38(50)42-16-22-54-34(46)26(3)4)25-31(29)37(49)53-19-14-21-57-39(51)43-17-23-55-35(47)27(5)6/h24-25H,3,5,11-23H2,1-2,4,6-10H3,(H,42,50)(H,43,51). The number of nitrogens with one attached hydrogen (secondary N) is 2. The Hall–Kier alpha value is -5.54. The van der Waals surface area contributed by atoms with Gasteiger partial charge in [0, 0.05) is 45.9 Å². The molecule has 0 saturated carbocycles. The van der Waals surface area contributed by atoms with E-state index in [2.05, 4.69) is 23.8 Å². The molecule has 16 heteroatoms. The Bertz CT molecular complexity index is 1660. The van der Waals surface area contributed by atoms with E-state index in [9.17, 15) is 38.4 Å². The van der Waals surface area contributed by atoms with Gasteiger partial charge in [0.25, 0.3) is 0 Å². The van der Waals surface area contributed by atoms with Crippen molar-refractivity contribution in [2.45, 2.75) is 87.5 Å². The molecule has 0 fully saturated rings. The average molecular weight is 803 g/mol. The summed E-state index contributed by atoms with van der Waals surface area (Å²) in [5, 5.41) is 4.82. The van der Waals surface area contributed by atoms with Gasteiger partial charge in [0.05, 0.1) is 50.6 Å². The van der Waals surface area contributed by atoms with Gasteiger partial charge in [-0.3, -0.25) is 9.59 Å². The van der Waals surface area contributed by atoms with Crippen LogP contribution in [0.1, 0.15) is 129 Å². The van der Waals surface area contributed by atoms with Gasteiger partial charge in [-0.25, -0.2) is 28.8 Å². The second-order valence-electron chi connectivity index (χ2n) is 14.4. The lowest BCUT2D eigenvalue weighted by Gasteiger charge is -2.26. The molecule has 0 aliphatic rings. The molecule has 0 saturated heterocycles. The number of Topliss-reactive ketones (excluding diaryl/α,β-unsaturated/α-hetero) is 2. The van der Waals surface area contributed by atoms with Crippen molar-refractivity contribution in [3.8, 4) is 0 Å². The molecule has 2 amide bonds. The Kier molecular flexibility index (Phi) is 21.0. The zero-order chi connectivity index (χ0) is 43.3. The van der Waals surface area contributed by atoms with Crippen LogP contribution >= 0.6 is 0 Å². The van der Waals surface area contributed by atoms with Gasteiger partial charge < -0.3 is 39.1 Å². The van der Waals surface area contributed by atoms with Crippen LogP contribution in [0.2, 0.25) is 0 Å². The zero-order valence-electron chi connectivity index (χ0n) is 34.5. The molecule has 57 heavy (non-hydrogen) atoms. The molecule has 0 unspecified atom stereocenters. The van der Waals surface area contributed by atoms with E-state index in [0.29, 0.717) is 19.3 Å². The van der Waals surface area contributed by atoms with Gasteiger partial charge in [-0.15, -0.1) is 0 Å². The lowest BCUT2D eigenvalue weighted by Crippen LogP contribution is -2.30. The monoisotopic (exact) mass is 802 g/mol. The molecule has 0 aromatic heterocycles. The van der Waals surface area contributed by atoms with E-state index in [4.69, 9.17) is 28.4 Å². The Balaban J connectivity index is 3.16. The normalized spacial score (nSPS) is 11.0. The van der Waals surface area contributed by atoms with E-state index < -0.39 is 58.5 Å². The smallest absolute Gasteiger partial charge is 0.407 e. The van der Waals surface area contributed by atoms with Crippen LogP contribution in [0, 0.1) is 10.8 Å². The Morgan fingerprint density at radius 1 is 0.544 bits per heavy atom. The highest BCUT2D eigenvalue weighted by molar-refractivity contribution is 6.15. The quantitative estimate of drug-likeness (QED) is 0.0376. The summed E-state index contributed by atoms with van der Waals surface area (Å²) < 4.78 is 30.8. The Morgan fingerprint density at radius 3 is 1.28 bits per heavy atom. The fraction of sp³-hybridized carbons (Fsp3) is 0.561. The molecule has 0 heterocycles. The number of rotatable bonds is 25. The number of alkyl carbamates (subject to hydrolysis) is 2. The predicted molar refractivity (Wildman–Crippen MR) is 208 cm³/mol. The van der Waals surface area contributed by atoms with Gasteiger partial charge >= 0.3 is 36.1 Å². The molecule has 0 aliphatic heterocycles. The van der Waals surface area contributed by atoms with E-state index >= 15 is 0 Å². The van der Waals surface area contributed by atoms with Crippen LogP contribution in [0.4, 0.5) is 9.59 Å². The topological polar surface area (TPSA) is 216 Å². The van der Waals surface area contributed by atoms with Gasteiger partial charge in [-0.1, -0.05) is 61.1 Å². The maximum absolute atomic E-state index is 14.0. The predicted octanol–water partition coefficient (Wildman–Crippen LogP) is 6.10. The Morgan fingerprint density at radius 2 is 0.912 bits per heavy atom. The van der Waals surface area contributed by atoms with E-state index in [1.165, 1.54) is 19.9 Å². The number of ether oxygens (including phenoxy) is 6. The first kappa shape index (κ1) is 49.5. The van der Waals surface area contributed by atoms with E-state index in [1.807, 2.05) is 6.92 Å². The average Bonchev–Trinajstić information content (AvgIpc) is 3.16. The number of carbonyl (C=O) groups is 8. The summed E-state index contributed by atoms with van der Waals surface area (Å²) in [4.78, 5) is 102. The van der Waals surface area contributed by atoms with Crippen molar-refractivity contribution in [3.05, 3.63) is 58.7 Å². The minimum atomic E-state index is -0.957. The Labute approximate surface area is 334 Å². The first-order chi connectivity index (χ1) is 26.7. The third-order valence-electron chi connectivity index (χ3n) is 8.49. The van der Waals surface area contributed by atoms with Crippen LogP contribution in [-0.4, -0.2) is 100 Å². The number of hydrogen-bond acceptors (Lipinski definition) is 14. The molecule has 2 N–H and O–H groups in total. The van der Waals surface area contributed by atoms with Crippen LogP contribution in [0.25, 0.3) is 0 Å². The van der Waals surface area contributed by atoms with Crippen LogP contribution < -0.4 is 10.6 Å². The molecular weight excluding hydrogens is 744 g/mol. The molecule has 16 nitrogen and oxygen atoms in total. The van der Waals surface area contributed by atoms with Crippen molar-refractivity contribution in [2.24, 2.45) is 10.8 Å². The second kappa shape index (κ2) is 24.2. The van der Waals surface area contributed by atoms with Crippen LogP contribution in [-0.2, 0) is 38.0 Å². The SMILES string of the molecule is C=C(C)C(=O)OCCNC(=O)OCCCOC(=O)c1cc(C(=O)OCCCOC(=O)NCCOC(=O)C(=C)C)c(C(=O)C(C)(C)CCC)cc1C(=O)C(C)(C)CC. The van der Waals surface area contributed by atoms with Gasteiger partial charge in [-0.05, 0) is 38.8 Å². The summed E-state index contributed by atoms with van der Waals surface area (Å²) in [6.07, 6.45) is 0.0938. The number of ketones is 2. The minimum Gasteiger partial charge on any atom is -0.462 e. The first-order valence-electron chi connectivity index (χ1n) is 18.8. The van der Waals surface area contributed by atoms with E-state index in [0.717, 1.165) is 6.07 Å². The summed E-state index contributed by atoms with van der Waals surface area (Å²) >= 11 is 0. The van der Waals surface area contributed by atoms with E-state index in [1.54, 1.807) is 34.6 Å².